The van der Waals surface area contributed by atoms with Crippen LogP contribution in [-0.2, 0) is 6.42 Å². The first kappa shape index (κ1) is 15.5. The number of aryl methyl sites for hydroxylation is 1. The predicted octanol–water partition coefficient (Wildman–Crippen LogP) is 3.51. The highest BCUT2D eigenvalue weighted by atomic mass is 16.5. The highest BCUT2D eigenvalue weighted by Crippen LogP contribution is 2.36. The molecule has 0 saturated heterocycles. The fourth-order valence-corrected chi connectivity index (χ4v) is 3.20. The monoisotopic (exact) mass is 279 g/mol. The van der Waals surface area contributed by atoms with E-state index >= 15 is 0 Å². The van der Waals surface area contributed by atoms with Gasteiger partial charge in [0.1, 0.15) is 0 Å². The number of rotatable bonds is 4. The Bertz CT molecular complexity index is 408. The van der Waals surface area contributed by atoms with E-state index in [1.54, 1.807) is 0 Å². The maximum Gasteiger partial charge on any atom is 0.227 e. The Hall–Kier alpha value is -0.900. The average molecular weight is 279 g/mol. The summed E-state index contributed by atoms with van der Waals surface area (Å²) in [5.41, 5.74) is 0.455. The fourth-order valence-electron chi connectivity index (χ4n) is 3.20. The summed E-state index contributed by atoms with van der Waals surface area (Å²) >= 11 is 0. The molecule has 0 aliphatic heterocycles. The van der Waals surface area contributed by atoms with Gasteiger partial charge >= 0.3 is 0 Å². The lowest BCUT2D eigenvalue weighted by molar-refractivity contribution is 0.213. The summed E-state index contributed by atoms with van der Waals surface area (Å²) in [5, 5.41) is 7.48. The molecule has 0 amide bonds. The Balaban J connectivity index is 1.71. The third-order valence-corrected chi connectivity index (χ3v) is 4.54. The number of nitrogens with one attached hydrogen (secondary N) is 1. The molecule has 2 unspecified atom stereocenters. The zero-order chi connectivity index (χ0) is 14.6. The van der Waals surface area contributed by atoms with Crippen molar-refractivity contribution in [2.75, 3.05) is 6.54 Å². The highest BCUT2D eigenvalue weighted by molar-refractivity contribution is 4.85. The summed E-state index contributed by atoms with van der Waals surface area (Å²) in [6, 6.07) is 0.659. The van der Waals surface area contributed by atoms with Gasteiger partial charge in [0.2, 0.25) is 5.89 Å². The number of aromatic nitrogens is 2. The van der Waals surface area contributed by atoms with Gasteiger partial charge in [-0.25, -0.2) is 0 Å². The molecule has 1 N–H and O–H groups in total. The molecule has 1 heterocycles. The second-order valence-electron chi connectivity index (χ2n) is 7.21. The molecule has 4 nitrogen and oxygen atoms in total. The molecule has 20 heavy (non-hydrogen) atoms. The Labute approximate surface area is 122 Å². The summed E-state index contributed by atoms with van der Waals surface area (Å²) in [5.74, 6) is 2.34. The van der Waals surface area contributed by atoms with Crippen LogP contribution in [0.3, 0.4) is 0 Å². The molecule has 1 aliphatic carbocycles. The molecular formula is C16H29N3O. The lowest BCUT2D eigenvalue weighted by atomic mass is 9.76. The minimum Gasteiger partial charge on any atom is -0.339 e. The molecular weight excluding hydrogens is 250 g/mol. The molecule has 0 aromatic carbocycles. The van der Waals surface area contributed by atoms with Crippen LogP contribution in [0.4, 0.5) is 0 Å². The van der Waals surface area contributed by atoms with Gasteiger partial charge in [-0.3, -0.25) is 0 Å². The lowest BCUT2D eigenvalue weighted by Crippen LogP contribution is -2.30. The molecule has 0 spiro atoms. The second-order valence-corrected chi connectivity index (χ2v) is 7.21. The summed E-state index contributed by atoms with van der Waals surface area (Å²) in [4.78, 5) is 4.24. The zero-order valence-electron chi connectivity index (χ0n) is 13.4. The molecule has 1 aromatic rings. The van der Waals surface area contributed by atoms with E-state index in [2.05, 4.69) is 36.2 Å². The van der Waals surface area contributed by atoms with E-state index < -0.39 is 0 Å². The summed E-state index contributed by atoms with van der Waals surface area (Å²) in [7, 11) is 0. The molecule has 1 fully saturated rings. The number of nitrogens with zero attached hydrogens (tertiary/aromatic N) is 2. The van der Waals surface area contributed by atoms with Crippen molar-refractivity contribution < 1.29 is 4.52 Å². The highest BCUT2D eigenvalue weighted by Gasteiger charge is 2.27. The van der Waals surface area contributed by atoms with Crippen molar-refractivity contribution in [2.45, 2.75) is 72.3 Å². The van der Waals surface area contributed by atoms with Crippen molar-refractivity contribution in [3.8, 4) is 0 Å². The van der Waals surface area contributed by atoms with Gasteiger partial charge in [-0.2, -0.15) is 4.98 Å². The van der Waals surface area contributed by atoms with Crippen molar-refractivity contribution in [1.82, 2.24) is 15.5 Å². The molecule has 1 aliphatic rings. The summed E-state index contributed by atoms with van der Waals surface area (Å²) in [6.07, 6.45) is 7.50. The third kappa shape index (κ3) is 4.58. The second kappa shape index (κ2) is 6.70. The molecule has 1 aromatic heterocycles. The van der Waals surface area contributed by atoms with Gasteiger partial charge in [0, 0.05) is 19.0 Å². The molecule has 0 radical (unpaired) electrons. The van der Waals surface area contributed by atoms with Gasteiger partial charge in [0.15, 0.2) is 5.82 Å². The SMILES string of the molecule is Cc1noc(CCNC2CCCC(C(C)(C)C)CC2)n1. The van der Waals surface area contributed by atoms with E-state index in [4.69, 9.17) is 4.52 Å². The number of hydrogen-bond donors (Lipinski definition) is 1. The van der Waals surface area contributed by atoms with Crippen molar-refractivity contribution in [2.24, 2.45) is 11.3 Å². The van der Waals surface area contributed by atoms with Crippen LogP contribution < -0.4 is 5.32 Å². The van der Waals surface area contributed by atoms with E-state index in [1.165, 1.54) is 32.1 Å². The normalized spacial score (nSPS) is 24.6. The standard InChI is InChI=1S/C16H29N3O/c1-12-18-15(20-19-12)10-11-17-14-7-5-6-13(8-9-14)16(2,3)4/h13-14,17H,5-11H2,1-4H3. The van der Waals surface area contributed by atoms with Gasteiger partial charge in [0.05, 0.1) is 0 Å². The van der Waals surface area contributed by atoms with Crippen LogP contribution in [0.25, 0.3) is 0 Å². The van der Waals surface area contributed by atoms with Crippen LogP contribution in [-0.4, -0.2) is 22.7 Å². The Morgan fingerprint density at radius 1 is 1.20 bits per heavy atom. The van der Waals surface area contributed by atoms with E-state index in [1.807, 2.05) is 6.92 Å². The minimum absolute atomic E-state index is 0.455. The van der Waals surface area contributed by atoms with Gasteiger partial charge in [0.25, 0.3) is 0 Å². The van der Waals surface area contributed by atoms with Crippen LogP contribution >= 0.6 is 0 Å². The Kier molecular flexibility index (Phi) is 5.19. The molecule has 114 valence electrons. The summed E-state index contributed by atoms with van der Waals surface area (Å²) in [6.45, 7) is 9.93. The third-order valence-electron chi connectivity index (χ3n) is 4.54. The van der Waals surface area contributed by atoms with Gasteiger partial charge in [-0.15, -0.1) is 0 Å². The summed E-state index contributed by atoms with van der Waals surface area (Å²) < 4.78 is 5.14. The minimum atomic E-state index is 0.455. The first-order chi connectivity index (χ1) is 9.45. The van der Waals surface area contributed by atoms with Gasteiger partial charge in [-0.05, 0) is 43.9 Å². The first-order valence-electron chi connectivity index (χ1n) is 7.97. The van der Waals surface area contributed by atoms with Crippen LogP contribution in [0.15, 0.2) is 4.52 Å². The molecule has 1 saturated carbocycles. The van der Waals surface area contributed by atoms with Crippen LogP contribution in [0.1, 0.15) is 64.6 Å². The van der Waals surface area contributed by atoms with Crippen LogP contribution in [0, 0.1) is 18.3 Å². The van der Waals surface area contributed by atoms with Crippen LogP contribution in [0.2, 0.25) is 0 Å². The van der Waals surface area contributed by atoms with Crippen molar-refractivity contribution >= 4 is 0 Å². The van der Waals surface area contributed by atoms with Crippen molar-refractivity contribution in [3.05, 3.63) is 11.7 Å². The van der Waals surface area contributed by atoms with Gasteiger partial charge in [-0.1, -0.05) is 32.3 Å². The smallest absolute Gasteiger partial charge is 0.227 e. The Morgan fingerprint density at radius 3 is 2.65 bits per heavy atom. The quantitative estimate of drug-likeness (QED) is 0.857. The Morgan fingerprint density at radius 2 is 2.00 bits per heavy atom. The maximum atomic E-state index is 5.14. The average Bonchev–Trinajstić information content (AvgIpc) is 2.63. The van der Waals surface area contributed by atoms with E-state index in [9.17, 15) is 0 Å². The van der Waals surface area contributed by atoms with Crippen LogP contribution in [0.5, 0.6) is 0 Å². The first-order valence-corrected chi connectivity index (χ1v) is 7.97. The molecule has 4 heteroatoms. The van der Waals surface area contributed by atoms with E-state index in [0.717, 1.165) is 30.6 Å². The van der Waals surface area contributed by atoms with E-state index in [0.29, 0.717) is 11.5 Å². The largest absolute Gasteiger partial charge is 0.339 e. The van der Waals surface area contributed by atoms with Crippen molar-refractivity contribution in [3.63, 3.8) is 0 Å². The molecule has 0 bridgehead atoms. The lowest BCUT2D eigenvalue weighted by Gasteiger charge is -2.29. The molecule has 2 atom stereocenters. The zero-order valence-corrected chi connectivity index (χ0v) is 13.4. The number of hydrogen-bond acceptors (Lipinski definition) is 4. The van der Waals surface area contributed by atoms with Crippen molar-refractivity contribution in [1.29, 1.82) is 0 Å². The predicted molar refractivity (Wildman–Crippen MR) is 80.6 cm³/mol. The van der Waals surface area contributed by atoms with E-state index in [-0.39, 0.29) is 0 Å². The topological polar surface area (TPSA) is 51.0 Å². The van der Waals surface area contributed by atoms with Gasteiger partial charge < -0.3 is 9.84 Å². The maximum absolute atomic E-state index is 5.14. The molecule has 2 rings (SSSR count). The fraction of sp³-hybridized carbons (Fsp3) is 0.875.